The summed E-state index contributed by atoms with van der Waals surface area (Å²) in [7, 11) is 1.47. The molecule has 0 aliphatic carbocycles. The van der Waals surface area contributed by atoms with Crippen LogP contribution >= 0.6 is 0 Å². The summed E-state index contributed by atoms with van der Waals surface area (Å²) >= 11 is 0. The predicted octanol–water partition coefficient (Wildman–Crippen LogP) is 3.24. The number of carbonyl (C=O) groups excluding carboxylic acids is 1. The third-order valence-electron chi connectivity index (χ3n) is 5.38. The molecule has 0 aliphatic heterocycles. The van der Waals surface area contributed by atoms with Crippen molar-refractivity contribution in [2.24, 2.45) is 10.2 Å². The fourth-order valence-corrected chi connectivity index (χ4v) is 3.59. The van der Waals surface area contributed by atoms with E-state index in [2.05, 4.69) is 40.6 Å². The Morgan fingerprint density at radius 3 is 2.68 bits per heavy atom. The van der Waals surface area contributed by atoms with Crippen molar-refractivity contribution in [3.63, 3.8) is 0 Å². The number of ether oxygens (including phenoxy) is 1. The molecule has 0 aliphatic rings. The normalized spacial score (nSPS) is 11.8. The maximum absolute atomic E-state index is 13.5. The molecule has 5 rings (SSSR count). The molecule has 13 nitrogen and oxygen atoms in total. The Kier molecular flexibility index (Phi) is 6.59. The number of carbonyl (C=O) groups is 1. The van der Waals surface area contributed by atoms with Gasteiger partial charge in [0.2, 0.25) is 6.04 Å². The van der Waals surface area contributed by atoms with Crippen LogP contribution in [0.2, 0.25) is 0 Å². The van der Waals surface area contributed by atoms with Crippen molar-refractivity contribution in [3.05, 3.63) is 94.9 Å². The fraction of sp³-hybridized carbons (Fsp3) is 0.0800. The molecule has 1 unspecified atom stereocenters. The molecule has 0 bridgehead atoms. The average molecular weight is 506 g/mol. The lowest BCUT2D eigenvalue weighted by atomic mass is 10.2. The Hall–Kier alpha value is -5.77. The topological polar surface area (TPSA) is 176 Å². The van der Waals surface area contributed by atoms with Crippen molar-refractivity contribution in [3.8, 4) is 17.8 Å². The molecule has 0 saturated heterocycles. The van der Waals surface area contributed by atoms with Gasteiger partial charge >= 0.3 is 0 Å². The molecule has 186 valence electrons. The van der Waals surface area contributed by atoms with Crippen LogP contribution in [0.3, 0.4) is 0 Å². The van der Waals surface area contributed by atoms with Gasteiger partial charge in [0, 0.05) is 12.4 Å². The second kappa shape index (κ2) is 10.5. The first-order chi connectivity index (χ1) is 18.6. The zero-order chi connectivity index (χ0) is 26.5. The van der Waals surface area contributed by atoms with Gasteiger partial charge in [0.25, 0.3) is 17.4 Å². The van der Waals surface area contributed by atoms with Crippen molar-refractivity contribution in [2.75, 3.05) is 12.4 Å². The number of nitrogens with one attached hydrogen (secondary N) is 2. The first-order valence-corrected chi connectivity index (χ1v) is 11.2. The molecule has 0 radical (unpaired) electrons. The summed E-state index contributed by atoms with van der Waals surface area (Å²) in [6.07, 6.45) is 4.29. The number of H-pyrrole nitrogens is 1. The Balaban J connectivity index is 1.61. The highest BCUT2D eigenvalue weighted by Crippen LogP contribution is 2.28. The Morgan fingerprint density at radius 2 is 1.89 bits per heavy atom. The van der Waals surface area contributed by atoms with E-state index >= 15 is 0 Å². The molecule has 2 aromatic carbocycles. The first kappa shape index (κ1) is 23.9. The summed E-state index contributed by atoms with van der Waals surface area (Å²) in [6, 6.07) is 15.7. The van der Waals surface area contributed by atoms with E-state index in [1.54, 1.807) is 54.6 Å². The Labute approximate surface area is 214 Å². The van der Waals surface area contributed by atoms with Gasteiger partial charge in [-0.2, -0.15) is 20.2 Å². The third kappa shape index (κ3) is 4.69. The highest BCUT2D eigenvalue weighted by Gasteiger charge is 2.26. The Bertz CT molecular complexity index is 1760. The van der Waals surface area contributed by atoms with Crippen molar-refractivity contribution in [1.29, 1.82) is 5.26 Å². The number of benzene rings is 2. The minimum atomic E-state index is -1.41. The van der Waals surface area contributed by atoms with E-state index < -0.39 is 17.5 Å². The van der Waals surface area contributed by atoms with Crippen LogP contribution in [0.25, 0.3) is 16.9 Å². The van der Waals surface area contributed by atoms with Crippen molar-refractivity contribution >= 4 is 28.3 Å². The van der Waals surface area contributed by atoms with Crippen LogP contribution in [0.4, 0.5) is 11.5 Å². The number of fused-ring (bicyclic) bond motifs is 1. The molecule has 5 aromatic rings. The molecule has 0 spiro atoms. The summed E-state index contributed by atoms with van der Waals surface area (Å²) in [5, 5.41) is 25.2. The average Bonchev–Trinajstić information content (AvgIpc) is 3.37. The smallest absolute Gasteiger partial charge is 0.259 e. The molecule has 3 heterocycles. The molecule has 2 N–H and O–H groups in total. The second-order valence-corrected chi connectivity index (χ2v) is 7.73. The lowest BCUT2D eigenvalue weighted by Crippen LogP contribution is -2.24. The van der Waals surface area contributed by atoms with Gasteiger partial charge in [-0.25, -0.2) is 15.0 Å². The van der Waals surface area contributed by atoms with Crippen LogP contribution in [0.15, 0.2) is 88.2 Å². The van der Waals surface area contributed by atoms with Gasteiger partial charge < -0.3 is 15.0 Å². The summed E-state index contributed by atoms with van der Waals surface area (Å²) in [5.41, 5.74) is 0.377. The van der Waals surface area contributed by atoms with Crippen LogP contribution in [0.5, 0.6) is 5.75 Å². The predicted molar refractivity (Wildman–Crippen MR) is 135 cm³/mol. The van der Waals surface area contributed by atoms with Crippen molar-refractivity contribution in [1.82, 2.24) is 29.7 Å². The first-order valence-electron chi connectivity index (χ1n) is 11.2. The lowest BCUT2D eigenvalue weighted by molar-refractivity contribution is -0.117. The summed E-state index contributed by atoms with van der Waals surface area (Å²) in [5.74, 6) is -0.141. The van der Waals surface area contributed by atoms with Gasteiger partial charge in [0.15, 0.2) is 5.82 Å². The van der Waals surface area contributed by atoms with Gasteiger partial charge in [0.1, 0.15) is 23.2 Å². The van der Waals surface area contributed by atoms with Crippen LogP contribution in [-0.2, 0) is 4.79 Å². The van der Waals surface area contributed by atoms with E-state index in [1.807, 2.05) is 6.07 Å². The quantitative estimate of drug-likeness (QED) is 0.316. The number of aromatic amines is 1. The fourth-order valence-electron chi connectivity index (χ4n) is 3.59. The number of amides is 1. The number of para-hydroxylation sites is 3. The number of methoxy groups -OCH3 is 1. The van der Waals surface area contributed by atoms with E-state index in [0.717, 1.165) is 0 Å². The van der Waals surface area contributed by atoms with Crippen molar-refractivity contribution in [2.45, 2.75) is 6.04 Å². The summed E-state index contributed by atoms with van der Waals surface area (Å²) in [4.78, 5) is 41.6. The third-order valence-corrected chi connectivity index (χ3v) is 5.38. The number of nitriles is 1. The minimum Gasteiger partial charge on any atom is -0.495 e. The van der Waals surface area contributed by atoms with Gasteiger partial charge in [-0.05, 0) is 30.3 Å². The standard InChI is InChI=1S/C25H18N10O3/c1-38-19-10-5-4-9-18(19)31-24(37)20(21-30-17-8-3-2-7-16(17)23(36)32-21)33-34-22-15(13-26)14-29-35(22)25-27-11-6-12-28-25/h2-12,14,20H,1H3,(H,31,37)(H,30,32,36). The second-order valence-electron chi connectivity index (χ2n) is 7.73. The van der Waals surface area contributed by atoms with Gasteiger partial charge in [-0.1, -0.05) is 24.3 Å². The molecule has 0 saturated carbocycles. The van der Waals surface area contributed by atoms with E-state index in [9.17, 15) is 14.9 Å². The van der Waals surface area contributed by atoms with E-state index in [-0.39, 0.29) is 23.2 Å². The molecular weight excluding hydrogens is 488 g/mol. The molecular formula is C25H18N10O3. The van der Waals surface area contributed by atoms with Gasteiger partial charge in [-0.3, -0.25) is 9.59 Å². The van der Waals surface area contributed by atoms with E-state index in [4.69, 9.17) is 4.74 Å². The molecule has 1 atom stereocenters. The molecule has 38 heavy (non-hydrogen) atoms. The van der Waals surface area contributed by atoms with Crippen LogP contribution < -0.4 is 15.6 Å². The largest absolute Gasteiger partial charge is 0.495 e. The number of hydrogen-bond acceptors (Lipinski definition) is 10. The monoisotopic (exact) mass is 506 g/mol. The lowest BCUT2D eigenvalue weighted by Gasteiger charge is -2.14. The van der Waals surface area contributed by atoms with E-state index in [1.165, 1.54) is 30.4 Å². The SMILES string of the molecule is COc1ccccc1NC(=O)C(N=Nc1c(C#N)cnn1-c1ncccn1)c1nc2ccccc2c(=O)[nH]1. The zero-order valence-electron chi connectivity index (χ0n) is 19.8. The summed E-state index contributed by atoms with van der Waals surface area (Å²) in [6.45, 7) is 0. The highest BCUT2D eigenvalue weighted by atomic mass is 16.5. The number of nitrogens with zero attached hydrogens (tertiary/aromatic N) is 8. The molecule has 0 fully saturated rings. The maximum Gasteiger partial charge on any atom is 0.259 e. The van der Waals surface area contributed by atoms with Gasteiger partial charge in [0.05, 0.1) is 29.9 Å². The molecule has 13 heteroatoms. The van der Waals surface area contributed by atoms with Gasteiger partial charge in [-0.15, -0.1) is 5.11 Å². The van der Waals surface area contributed by atoms with Crippen LogP contribution in [0.1, 0.15) is 17.4 Å². The number of hydrogen-bond donors (Lipinski definition) is 2. The molecule has 3 aromatic heterocycles. The zero-order valence-corrected chi connectivity index (χ0v) is 19.8. The van der Waals surface area contributed by atoms with Crippen LogP contribution in [0, 0.1) is 11.3 Å². The molecule has 1 amide bonds. The summed E-state index contributed by atoms with van der Waals surface area (Å²) < 4.78 is 6.53. The number of aromatic nitrogens is 6. The number of azo groups is 1. The highest BCUT2D eigenvalue weighted by molar-refractivity contribution is 5.96. The van der Waals surface area contributed by atoms with E-state index in [0.29, 0.717) is 22.3 Å². The maximum atomic E-state index is 13.5. The van der Waals surface area contributed by atoms with Crippen LogP contribution in [-0.4, -0.2) is 42.7 Å². The van der Waals surface area contributed by atoms with Crippen molar-refractivity contribution < 1.29 is 9.53 Å². The minimum absolute atomic E-state index is 0.00284. The number of rotatable bonds is 7. The Morgan fingerprint density at radius 1 is 1.13 bits per heavy atom. The number of anilines is 1.